The Labute approximate surface area is 291 Å². The molecule has 4 heterocycles. The van der Waals surface area contributed by atoms with Gasteiger partial charge >= 0.3 is 0 Å². The van der Waals surface area contributed by atoms with E-state index in [-0.39, 0.29) is 0 Å². The summed E-state index contributed by atoms with van der Waals surface area (Å²) in [5.41, 5.74) is 8.93. The van der Waals surface area contributed by atoms with Crippen molar-refractivity contribution in [2.45, 2.75) is 0 Å². The summed E-state index contributed by atoms with van der Waals surface area (Å²) in [5, 5.41) is 6.77. The van der Waals surface area contributed by atoms with Crippen LogP contribution in [0, 0.1) is 0 Å². The summed E-state index contributed by atoms with van der Waals surface area (Å²) in [6.07, 6.45) is 0. The molecule has 0 saturated carbocycles. The Morgan fingerprint density at radius 3 is 1.63 bits per heavy atom. The van der Waals surface area contributed by atoms with Gasteiger partial charge in [-0.05, 0) is 54.6 Å². The topological polar surface area (TPSA) is 61.7 Å². The molecule has 0 aliphatic carbocycles. The van der Waals surface area contributed by atoms with E-state index in [1.54, 1.807) is 0 Å². The summed E-state index contributed by atoms with van der Waals surface area (Å²) in [5.74, 6) is 1.74. The molecular weight excluding hydrogens is 627 g/mol. The summed E-state index contributed by atoms with van der Waals surface area (Å²) < 4.78 is 10.8. The first kappa shape index (κ1) is 27.9. The van der Waals surface area contributed by atoms with E-state index in [4.69, 9.17) is 19.4 Å². The zero-order chi connectivity index (χ0) is 33.5. The van der Waals surface area contributed by atoms with Gasteiger partial charge in [-0.3, -0.25) is 4.57 Å². The molecule has 0 unspecified atom stereocenters. The number of fused-ring (bicyclic) bond motifs is 9. The molecule has 7 aromatic carbocycles. The van der Waals surface area contributed by atoms with Crippen molar-refractivity contribution < 1.29 is 4.42 Å². The highest BCUT2D eigenvalue weighted by Gasteiger charge is 2.21. The third kappa shape index (κ3) is 4.20. The van der Waals surface area contributed by atoms with E-state index >= 15 is 0 Å². The van der Waals surface area contributed by atoms with Gasteiger partial charge in [0, 0.05) is 49.1 Å². The maximum atomic E-state index is 6.28. The molecule has 238 valence electrons. The van der Waals surface area contributed by atoms with Crippen molar-refractivity contribution in [2.24, 2.45) is 0 Å². The third-order valence-corrected chi connectivity index (χ3v) is 9.97. The number of hydrogen-bond donors (Lipinski definition) is 0. The highest BCUT2D eigenvalue weighted by atomic mass is 16.3. The smallest absolute Gasteiger partial charge is 0.238 e. The standard InChI is InChI=1S/C45H27N5O/c1-3-13-28(14-4-1)43-46-44(29-23-24-34-33-19-9-12-22-41(33)51-42(34)25-29)48-45(47-43)50-38-21-11-8-18-32(38)36-26-39-35(27-40(36)50)31-17-7-10-20-37(31)49(39)30-15-5-2-6-16-30/h1-27H. The van der Waals surface area contributed by atoms with Gasteiger partial charge in [-0.2, -0.15) is 9.97 Å². The quantitative estimate of drug-likeness (QED) is 0.190. The van der Waals surface area contributed by atoms with Crippen molar-refractivity contribution in [3.63, 3.8) is 0 Å². The Kier molecular flexibility index (Phi) is 5.86. The number of benzene rings is 7. The lowest BCUT2D eigenvalue weighted by Gasteiger charge is -2.11. The zero-order valence-electron chi connectivity index (χ0n) is 27.2. The van der Waals surface area contributed by atoms with Crippen LogP contribution in [0.3, 0.4) is 0 Å². The first-order chi connectivity index (χ1) is 25.3. The van der Waals surface area contributed by atoms with Gasteiger partial charge in [0.25, 0.3) is 0 Å². The van der Waals surface area contributed by atoms with E-state index < -0.39 is 0 Å². The summed E-state index contributed by atoms with van der Waals surface area (Å²) in [6.45, 7) is 0. The molecule has 11 rings (SSSR count). The van der Waals surface area contributed by atoms with Crippen LogP contribution in [0.5, 0.6) is 0 Å². The second-order valence-corrected chi connectivity index (χ2v) is 12.9. The number of furan rings is 1. The molecule has 0 N–H and O–H groups in total. The molecule has 6 heteroatoms. The van der Waals surface area contributed by atoms with Crippen molar-refractivity contribution in [2.75, 3.05) is 0 Å². The van der Waals surface area contributed by atoms with Crippen LogP contribution in [0.2, 0.25) is 0 Å². The van der Waals surface area contributed by atoms with Crippen LogP contribution in [0.15, 0.2) is 168 Å². The fourth-order valence-corrected chi connectivity index (χ4v) is 7.68. The van der Waals surface area contributed by atoms with E-state index in [2.05, 4.69) is 118 Å². The number of para-hydroxylation sites is 4. The summed E-state index contributed by atoms with van der Waals surface area (Å²) in [4.78, 5) is 15.4. The van der Waals surface area contributed by atoms with Crippen molar-refractivity contribution in [1.82, 2.24) is 24.1 Å². The van der Waals surface area contributed by atoms with E-state index in [0.29, 0.717) is 17.6 Å². The Bertz CT molecular complexity index is 3140. The van der Waals surface area contributed by atoms with Gasteiger partial charge in [-0.1, -0.05) is 109 Å². The van der Waals surface area contributed by atoms with E-state index in [1.807, 2.05) is 54.6 Å². The molecule has 51 heavy (non-hydrogen) atoms. The number of nitrogens with zero attached hydrogens (tertiary/aromatic N) is 5. The molecule has 0 aliphatic heterocycles. The number of hydrogen-bond acceptors (Lipinski definition) is 4. The lowest BCUT2D eigenvalue weighted by atomic mass is 10.1. The lowest BCUT2D eigenvalue weighted by molar-refractivity contribution is 0.669. The molecular formula is C45H27N5O. The molecule has 0 aliphatic rings. The second kappa shape index (κ2) is 10.7. The zero-order valence-corrected chi connectivity index (χ0v) is 27.2. The van der Waals surface area contributed by atoms with Crippen LogP contribution in [0.25, 0.3) is 100.0 Å². The third-order valence-electron chi connectivity index (χ3n) is 9.97. The van der Waals surface area contributed by atoms with Gasteiger partial charge in [0.2, 0.25) is 5.95 Å². The monoisotopic (exact) mass is 653 g/mol. The van der Waals surface area contributed by atoms with Crippen LogP contribution in [0.1, 0.15) is 0 Å². The van der Waals surface area contributed by atoms with Gasteiger partial charge in [-0.25, -0.2) is 4.98 Å². The molecule has 0 spiro atoms. The second-order valence-electron chi connectivity index (χ2n) is 12.9. The van der Waals surface area contributed by atoms with Gasteiger partial charge in [0.1, 0.15) is 11.2 Å². The minimum Gasteiger partial charge on any atom is -0.456 e. The predicted molar refractivity (Wildman–Crippen MR) is 207 cm³/mol. The van der Waals surface area contributed by atoms with Crippen molar-refractivity contribution in [3.8, 4) is 34.4 Å². The van der Waals surface area contributed by atoms with Crippen molar-refractivity contribution in [3.05, 3.63) is 164 Å². The molecule has 11 aromatic rings. The molecule has 0 amide bonds. The lowest BCUT2D eigenvalue weighted by Crippen LogP contribution is -2.06. The maximum absolute atomic E-state index is 6.28. The Hall–Kier alpha value is -7.05. The van der Waals surface area contributed by atoms with Crippen LogP contribution in [-0.4, -0.2) is 24.1 Å². The first-order valence-electron chi connectivity index (χ1n) is 17.0. The van der Waals surface area contributed by atoms with Crippen LogP contribution in [-0.2, 0) is 0 Å². The predicted octanol–water partition coefficient (Wildman–Crippen LogP) is 11.3. The van der Waals surface area contributed by atoms with Gasteiger partial charge in [0.05, 0.1) is 22.1 Å². The molecule has 0 radical (unpaired) electrons. The van der Waals surface area contributed by atoms with Crippen molar-refractivity contribution >= 4 is 65.6 Å². The summed E-state index contributed by atoms with van der Waals surface area (Å²) in [7, 11) is 0. The van der Waals surface area contributed by atoms with E-state index in [1.165, 1.54) is 10.8 Å². The fraction of sp³-hybridized carbons (Fsp3) is 0. The summed E-state index contributed by atoms with van der Waals surface area (Å²) >= 11 is 0. The molecule has 0 saturated heterocycles. The molecule has 0 fully saturated rings. The maximum Gasteiger partial charge on any atom is 0.238 e. The highest BCUT2D eigenvalue weighted by Crippen LogP contribution is 2.40. The Morgan fingerprint density at radius 1 is 0.353 bits per heavy atom. The minimum absolute atomic E-state index is 0.556. The number of aromatic nitrogens is 5. The van der Waals surface area contributed by atoms with Gasteiger partial charge in [-0.15, -0.1) is 0 Å². The SMILES string of the molecule is c1ccc(-c2nc(-c3ccc4c(c3)oc3ccccc34)nc(-n3c4ccccc4c4cc5c(cc43)c3ccccc3n5-c3ccccc3)n2)cc1. The number of rotatable bonds is 4. The highest BCUT2D eigenvalue weighted by molar-refractivity contribution is 6.19. The fourth-order valence-electron chi connectivity index (χ4n) is 7.68. The van der Waals surface area contributed by atoms with E-state index in [9.17, 15) is 0 Å². The normalized spacial score (nSPS) is 11.9. The average Bonchev–Trinajstić information content (AvgIpc) is 3.84. The first-order valence-corrected chi connectivity index (χ1v) is 17.0. The van der Waals surface area contributed by atoms with Crippen molar-refractivity contribution in [1.29, 1.82) is 0 Å². The molecule has 0 bridgehead atoms. The Morgan fingerprint density at radius 2 is 0.902 bits per heavy atom. The summed E-state index contributed by atoms with van der Waals surface area (Å²) in [6, 6.07) is 56.8. The Balaban J connectivity index is 1.21. The van der Waals surface area contributed by atoms with E-state index in [0.717, 1.165) is 71.6 Å². The van der Waals surface area contributed by atoms with Gasteiger partial charge < -0.3 is 8.98 Å². The molecule has 6 nitrogen and oxygen atoms in total. The van der Waals surface area contributed by atoms with Gasteiger partial charge in [0.15, 0.2) is 11.6 Å². The van der Waals surface area contributed by atoms with Crippen LogP contribution < -0.4 is 0 Å². The van der Waals surface area contributed by atoms with Crippen LogP contribution in [0.4, 0.5) is 0 Å². The average molecular weight is 654 g/mol. The largest absolute Gasteiger partial charge is 0.456 e. The minimum atomic E-state index is 0.556. The molecule has 0 atom stereocenters. The molecule has 4 aromatic heterocycles. The van der Waals surface area contributed by atoms with Crippen LogP contribution >= 0.6 is 0 Å².